The lowest BCUT2D eigenvalue weighted by molar-refractivity contribution is 0.0932. The number of nitrogens with zero attached hydrogens (tertiary/aromatic N) is 2. The highest BCUT2D eigenvalue weighted by Gasteiger charge is 2.39. The van der Waals surface area contributed by atoms with Crippen LogP contribution in [0.3, 0.4) is 0 Å². The van der Waals surface area contributed by atoms with Crippen LogP contribution in [-0.2, 0) is 26.9 Å². The predicted octanol–water partition coefficient (Wildman–Crippen LogP) is 3.68. The minimum absolute atomic E-state index is 0.162. The Labute approximate surface area is 237 Å². The molecule has 1 heterocycles. The van der Waals surface area contributed by atoms with E-state index in [2.05, 4.69) is 27.2 Å². The summed E-state index contributed by atoms with van der Waals surface area (Å²) in [6.45, 7) is 1.10. The van der Waals surface area contributed by atoms with Crippen LogP contribution in [0.15, 0.2) is 79.0 Å². The smallest absolute Gasteiger partial charge is 0.280 e. The number of nitrogens with one attached hydrogen (secondary N) is 2. The molecule has 0 spiro atoms. The van der Waals surface area contributed by atoms with Crippen LogP contribution in [0, 0.1) is 0 Å². The molecule has 4 rings (SSSR count). The largest absolute Gasteiger partial charge is 0.496 e. The number of hydrogen-bond donors (Lipinski definition) is 2. The third-order valence-corrected chi connectivity index (χ3v) is 9.16. The molecule has 2 N–H and O–H groups in total. The second-order valence-corrected chi connectivity index (χ2v) is 11.8. The summed E-state index contributed by atoms with van der Waals surface area (Å²) >= 11 is 0. The third kappa shape index (κ3) is 7.45. The number of benzene rings is 2. The van der Waals surface area contributed by atoms with E-state index in [-0.39, 0.29) is 37.1 Å². The molecule has 0 bridgehead atoms. The maximum absolute atomic E-state index is 13.4. The molecule has 9 nitrogen and oxygen atoms in total. The number of rotatable bonds is 13. The van der Waals surface area contributed by atoms with Gasteiger partial charge in [-0.1, -0.05) is 48.5 Å². The molecule has 0 aliphatic heterocycles. The first kappa shape index (κ1) is 29.7. The average Bonchev–Trinajstić information content (AvgIpc) is 2.99. The maximum atomic E-state index is 13.4. The first-order valence-corrected chi connectivity index (χ1v) is 14.9. The van der Waals surface area contributed by atoms with Crippen LogP contribution in [0.2, 0.25) is 0 Å². The molecule has 1 saturated carbocycles. The zero-order valence-corrected chi connectivity index (χ0v) is 23.9. The summed E-state index contributed by atoms with van der Waals surface area (Å²) in [5, 5.41) is 3.13. The first-order chi connectivity index (χ1) is 19.4. The fourth-order valence-electron chi connectivity index (χ4n) is 5.26. The van der Waals surface area contributed by atoms with Crippen molar-refractivity contribution >= 4 is 16.1 Å². The number of amides is 1. The number of para-hydroxylation sites is 1. The van der Waals surface area contributed by atoms with Gasteiger partial charge < -0.3 is 14.8 Å². The Kier molecular flexibility index (Phi) is 10.3. The number of carbonyl (C=O) groups excluding carboxylic acids is 1. The van der Waals surface area contributed by atoms with Gasteiger partial charge in [-0.2, -0.15) is 17.4 Å². The predicted molar refractivity (Wildman–Crippen MR) is 154 cm³/mol. The van der Waals surface area contributed by atoms with E-state index in [1.807, 2.05) is 42.5 Å². The van der Waals surface area contributed by atoms with E-state index < -0.39 is 10.2 Å². The lowest BCUT2D eigenvalue weighted by Crippen LogP contribution is -2.50. The van der Waals surface area contributed by atoms with Crippen LogP contribution in [0.1, 0.15) is 47.3 Å². The third-order valence-electron chi connectivity index (χ3n) is 7.53. The first-order valence-electron chi connectivity index (χ1n) is 13.5. The number of aromatic nitrogens is 1. The summed E-state index contributed by atoms with van der Waals surface area (Å²) in [7, 11) is -0.684. The van der Waals surface area contributed by atoms with Gasteiger partial charge in [-0.25, -0.2) is 0 Å². The molecule has 0 unspecified atom stereocenters. The van der Waals surface area contributed by atoms with E-state index in [9.17, 15) is 13.2 Å². The van der Waals surface area contributed by atoms with E-state index in [1.54, 1.807) is 38.6 Å². The lowest BCUT2D eigenvalue weighted by Gasteiger charge is -2.41. The van der Waals surface area contributed by atoms with Crippen LogP contribution in [0.25, 0.3) is 0 Å². The average molecular weight is 567 g/mol. The van der Waals surface area contributed by atoms with E-state index >= 15 is 0 Å². The highest BCUT2D eigenvalue weighted by atomic mass is 32.2. The Morgan fingerprint density at radius 1 is 1.00 bits per heavy atom. The molecule has 3 aromatic rings. The van der Waals surface area contributed by atoms with Gasteiger partial charge in [0.2, 0.25) is 0 Å². The molecule has 2 aromatic carbocycles. The topological polar surface area (TPSA) is 110 Å². The van der Waals surface area contributed by atoms with Gasteiger partial charge in [0.25, 0.3) is 16.1 Å². The van der Waals surface area contributed by atoms with Crippen LogP contribution in [0.4, 0.5) is 0 Å². The highest BCUT2D eigenvalue weighted by molar-refractivity contribution is 7.87. The molecular formula is C30H38N4O5S. The van der Waals surface area contributed by atoms with E-state index in [0.29, 0.717) is 49.2 Å². The summed E-state index contributed by atoms with van der Waals surface area (Å²) in [5.74, 6) is 0.328. The quantitative estimate of drug-likeness (QED) is 0.327. The monoisotopic (exact) mass is 566 g/mol. The zero-order valence-electron chi connectivity index (χ0n) is 23.1. The van der Waals surface area contributed by atoms with E-state index in [1.165, 1.54) is 4.31 Å². The molecule has 214 valence electrons. The van der Waals surface area contributed by atoms with Crippen molar-refractivity contribution in [1.82, 2.24) is 19.3 Å². The van der Waals surface area contributed by atoms with Gasteiger partial charge in [-0.3, -0.25) is 9.78 Å². The highest BCUT2D eigenvalue weighted by Crippen LogP contribution is 2.39. The van der Waals surface area contributed by atoms with Gasteiger partial charge in [-0.05, 0) is 55.5 Å². The van der Waals surface area contributed by atoms with Gasteiger partial charge in [0.1, 0.15) is 5.75 Å². The Bertz CT molecular complexity index is 1330. The van der Waals surface area contributed by atoms with Crippen molar-refractivity contribution in [2.24, 2.45) is 0 Å². The van der Waals surface area contributed by atoms with Crippen molar-refractivity contribution < 1.29 is 22.7 Å². The van der Waals surface area contributed by atoms with Crippen LogP contribution < -0.4 is 14.8 Å². The molecule has 1 fully saturated rings. The molecule has 10 heteroatoms. The summed E-state index contributed by atoms with van der Waals surface area (Å²) in [6.07, 6.45) is 4.37. The second-order valence-electron chi connectivity index (χ2n) is 10.1. The fourth-order valence-corrected chi connectivity index (χ4v) is 6.68. The van der Waals surface area contributed by atoms with Crippen molar-refractivity contribution in [3.8, 4) is 5.75 Å². The molecule has 1 aliphatic carbocycles. The molecular weight excluding hydrogens is 528 g/mol. The molecule has 0 saturated heterocycles. The van der Waals surface area contributed by atoms with Gasteiger partial charge in [0.15, 0.2) is 0 Å². The standard InChI is InChI=1S/C30H38N4O5S/c1-38-21-20-34(22-26-12-8-9-19-31-26)40(36,37)33-25-15-17-30(18-16-25,24-10-4-3-5-11-24)23-32-29(35)27-13-6-7-14-28(27)39-2/h3-14,19,25,33H,15-18,20-23H2,1-2H3,(H,32,35). The summed E-state index contributed by atoms with van der Waals surface area (Å²) in [5.41, 5.74) is 1.97. The summed E-state index contributed by atoms with van der Waals surface area (Å²) in [4.78, 5) is 17.4. The molecule has 1 amide bonds. The van der Waals surface area contributed by atoms with Crippen molar-refractivity contribution in [2.75, 3.05) is 33.9 Å². The Balaban J connectivity index is 1.45. The van der Waals surface area contributed by atoms with Crippen molar-refractivity contribution in [1.29, 1.82) is 0 Å². The number of ether oxygens (including phenoxy) is 2. The lowest BCUT2D eigenvalue weighted by atomic mass is 9.68. The van der Waals surface area contributed by atoms with Crippen LogP contribution in [0.5, 0.6) is 5.75 Å². The van der Waals surface area contributed by atoms with Gasteiger partial charge in [0.05, 0.1) is 31.5 Å². The Morgan fingerprint density at radius 3 is 2.38 bits per heavy atom. The Morgan fingerprint density at radius 2 is 1.70 bits per heavy atom. The minimum Gasteiger partial charge on any atom is -0.496 e. The number of hydrogen-bond acceptors (Lipinski definition) is 6. The minimum atomic E-state index is -3.78. The number of methoxy groups -OCH3 is 2. The van der Waals surface area contributed by atoms with E-state index in [4.69, 9.17) is 9.47 Å². The molecule has 1 aromatic heterocycles. The van der Waals surface area contributed by atoms with E-state index in [0.717, 1.165) is 5.56 Å². The van der Waals surface area contributed by atoms with Crippen LogP contribution in [-0.4, -0.2) is 63.6 Å². The summed E-state index contributed by atoms with van der Waals surface area (Å²) in [6, 6.07) is 22.5. The van der Waals surface area contributed by atoms with Crippen molar-refractivity contribution in [2.45, 2.75) is 43.7 Å². The number of pyridine rings is 1. The zero-order chi connectivity index (χ0) is 28.4. The fraction of sp³-hybridized carbons (Fsp3) is 0.400. The summed E-state index contributed by atoms with van der Waals surface area (Å²) < 4.78 is 41.7. The van der Waals surface area contributed by atoms with Gasteiger partial charge in [-0.15, -0.1) is 0 Å². The number of carbonyl (C=O) groups is 1. The molecule has 0 radical (unpaired) electrons. The van der Waals surface area contributed by atoms with Crippen molar-refractivity contribution in [3.05, 3.63) is 95.8 Å². The molecule has 1 aliphatic rings. The van der Waals surface area contributed by atoms with Crippen LogP contribution >= 0.6 is 0 Å². The SMILES string of the molecule is COCCN(Cc1ccccn1)S(=O)(=O)NC1CCC(CNC(=O)c2ccccc2OC)(c2ccccc2)CC1. The second kappa shape index (κ2) is 13.8. The van der Waals surface area contributed by atoms with Gasteiger partial charge >= 0.3 is 0 Å². The van der Waals surface area contributed by atoms with Gasteiger partial charge in [0, 0.05) is 37.9 Å². The maximum Gasteiger partial charge on any atom is 0.280 e. The normalized spacial score (nSPS) is 19.3. The molecule has 0 atom stereocenters. The van der Waals surface area contributed by atoms with Crippen molar-refractivity contribution in [3.63, 3.8) is 0 Å². The molecule has 40 heavy (non-hydrogen) atoms. The Hall–Kier alpha value is -3.31.